The number of pyridine rings is 1. The molecule has 18 heavy (non-hydrogen) atoms. The minimum atomic E-state index is -0.971. The second kappa shape index (κ2) is 6.96. The molecular formula is C13H19NO4. The molecule has 1 aromatic rings. The highest BCUT2D eigenvalue weighted by Crippen LogP contribution is 2.19. The van der Waals surface area contributed by atoms with E-state index in [1.165, 1.54) is 6.07 Å². The zero-order valence-electron chi connectivity index (χ0n) is 11.0. The minimum Gasteiger partial charge on any atom is -0.478 e. The van der Waals surface area contributed by atoms with Crippen molar-refractivity contribution >= 4 is 5.97 Å². The van der Waals surface area contributed by atoms with E-state index in [0.29, 0.717) is 19.1 Å². The van der Waals surface area contributed by atoms with Crippen molar-refractivity contribution < 1.29 is 19.4 Å². The topological polar surface area (TPSA) is 68.7 Å². The van der Waals surface area contributed by atoms with E-state index >= 15 is 0 Å². The molecule has 0 saturated carbocycles. The van der Waals surface area contributed by atoms with Crippen molar-refractivity contribution in [2.75, 3.05) is 20.3 Å². The van der Waals surface area contributed by atoms with Crippen LogP contribution in [0.4, 0.5) is 0 Å². The van der Waals surface area contributed by atoms with Crippen molar-refractivity contribution in [2.45, 2.75) is 26.2 Å². The van der Waals surface area contributed by atoms with Gasteiger partial charge in [-0.25, -0.2) is 9.78 Å². The zero-order valence-corrected chi connectivity index (χ0v) is 11.0. The lowest BCUT2D eigenvalue weighted by Gasteiger charge is -2.10. The number of hydrogen-bond acceptors (Lipinski definition) is 4. The summed E-state index contributed by atoms with van der Waals surface area (Å²) in [5.41, 5.74) is 0.923. The fourth-order valence-corrected chi connectivity index (χ4v) is 1.40. The van der Waals surface area contributed by atoms with E-state index < -0.39 is 5.97 Å². The van der Waals surface area contributed by atoms with Crippen LogP contribution in [-0.2, 0) is 4.74 Å². The summed E-state index contributed by atoms with van der Waals surface area (Å²) in [6, 6.07) is 3.02. The van der Waals surface area contributed by atoms with Crippen LogP contribution in [0.2, 0.25) is 0 Å². The van der Waals surface area contributed by atoms with E-state index in [1.54, 1.807) is 13.2 Å². The summed E-state index contributed by atoms with van der Waals surface area (Å²) in [6.45, 7) is 4.99. The Bertz CT molecular complexity index is 404. The molecule has 0 aliphatic carbocycles. The van der Waals surface area contributed by atoms with E-state index in [4.69, 9.17) is 14.6 Å². The Kier molecular flexibility index (Phi) is 5.58. The van der Waals surface area contributed by atoms with E-state index in [-0.39, 0.29) is 11.5 Å². The third kappa shape index (κ3) is 4.33. The maximum Gasteiger partial charge on any atom is 0.335 e. The third-order valence-corrected chi connectivity index (χ3v) is 2.40. The predicted octanol–water partition coefficient (Wildman–Crippen LogP) is 2.32. The second-order valence-electron chi connectivity index (χ2n) is 4.27. The first-order valence-corrected chi connectivity index (χ1v) is 5.91. The molecule has 1 heterocycles. The van der Waals surface area contributed by atoms with Crippen LogP contribution in [0.5, 0.6) is 5.88 Å². The number of ether oxygens (including phenoxy) is 2. The van der Waals surface area contributed by atoms with Gasteiger partial charge in [0.1, 0.15) is 0 Å². The molecule has 0 aliphatic rings. The van der Waals surface area contributed by atoms with Crippen LogP contribution in [0.1, 0.15) is 42.2 Å². The van der Waals surface area contributed by atoms with E-state index in [0.717, 1.165) is 12.1 Å². The van der Waals surface area contributed by atoms with Crippen LogP contribution < -0.4 is 4.74 Å². The number of carboxylic acid groups (broad SMARTS) is 1. The molecule has 0 bridgehead atoms. The smallest absolute Gasteiger partial charge is 0.335 e. The van der Waals surface area contributed by atoms with Crippen molar-refractivity contribution in [1.29, 1.82) is 0 Å². The number of hydrogen-bond donors (Lipinski definition) is 1. The number of carbonyl (C=O) groups is 1. The molecule has 0 fully saturated rings. The highest BCUT2D eigenvalue weighted by molar-refractivity contribution is 5.88. The molecule has 0 unspecified atom stereocenters. The van der Waals surface area contributed by atoms with Crippen LogP contribution in [0.25, 0.3) is 0 Å². The van der Waals surface area contributed by atoms with Gasteiger partial charge in [-0.15, -0.1) is 0 Å². The maximum atomic E-state index is 11.0. The van der Waals surface area contributed by atoms with Crippen molar-refractivity contribution in [2.24, 2.45) is 0 Å². The standard InChI is InChI=1S/C13H19NO4/c1-9(2)11-7-10(13(15)16)8-12(14-11)18-6-4-5-17-3/h7-9H,4-6H2,1-3H3,(H,15,16). The molecule has 100 valence electrons. The van der Waals surface area contributed by atoms with Gasteiger partial charge in [0.25, 0.3) is 0 Å². The summed E-state index contributed by atoms with van der Waals surface area (Å²) in [5.74, 6) is -0.457. The lowest BCUT2D eigenvalue weighted by Crippen LogP contribution is -2.07. The SMILES string of the molecule is COCCCOc1cc(C(=O)O)cc(C(C)C)n1. The van der Waals surface area contributed by atoms with Crippen LogP contribution in [0.3, 0.4) is 0 Å². The molecule has 0 amide bonds. The molecule has 5 nitrogen and oxygen atoms in total. The average molecular weight is 253 g/mol. The highest BCUT2D eigenvalue weighted by Gasteiger charge is 2.11. The van der Waals surface area contributed by atoms with Crippen LogP contribution in [0.15, 0.2) is 12.1 Å². The first kappa shape index (κ1) is 14.4. The largest absolute Gasteiger partial charge is 0.478 e. The van der Waals surface area contributed by atoms with Gasteiger partial charge in [0, 0.05) is 31.9 Å². The van der Waals surface area contributed by atoms with E-state index in [1.807, 2.05) is 13.8 Å². The predicted molar refractivity (Wildman–Crippen MR) is 67.3 cm³/mol. The molecular weight excluding hydrogens is 234 g/mol. The Balaban J connectivity index is 2.79. The first-order valence-electron chi connectivity index (χ1n) is 5.91. The van der Waals surface area contributed by atoms with Gasteiger partial charge in [0.15, 0.2) is 0 Å². The Labute approximate surface area is 107 Å². The monoisotopic (exact) mass is 253 g/mol. The van der Waals surface area contributed by atoms with Gasteiger partial charge < -0.3 is 14.6 Å². The number of aromatic carboxylic acids is 1. The average Bonchev–Trinajstić information content (AvgIpc) is 2.34. The first-order chi connectivity index (χ1) is 8.54. The molecule has 0 saturated heterocycles. The summed E-state index contributed by atoms with van der Waals surface area (Å²) in [4.78, 5) is 15.3. The molecule has 0 radical (unpaired) electrons. The molecule has 1 rings (SSSR count). The van der Waals surface area contributed by atoms with Crippen LogP contribution in [0, 0.1) is 0 Å². The highest BCUT2D eigenvalue weighted by atomic mass is 16.5. The summed E-state index contributed by atoms with van der Waals surface area (Å²) in [7, 11) is 1.63. The third-order valence-electron chi connectivity index (χ3n) is 2.40. The summed E-state index contributed by atoms with van der Waals surface area (Å²) in [5, 5.41) is 9.02. The Morgan fingerprint density at radius 1 is 1.39 bits per heavy atom. The molecule has 1 aromatic heterocycles. The quantitative estimate of drug-likeness (QED) is 0.755. The molecule has 0 atom stereocenters. The lowest BCUT2D eigenvalue weighted by molar-refractivity contribution is 0.0695. The molecule has 1 N–H and O–H groups in total. The van der Waals surface area contributed by atoms with Crippen molar-refractivity contribution in [3.8, 4) is 5.88 Å². The zero-order chi connectivity index (χ0) is 13.5. The summed E-state index contributed by atoms with van der Waals surface area (Å²) >= 11 is 0. The maximum absolute atomic E-state index is 11.0. The fourth-order valence-electron chi connectivity index (χ4n) is 1.40. The van der Waals surface area contributed by atoms with E-state index in [9.17, 15) is 4.79 Å². The number of nitrogens with zero attached hydrogens (tertiary/aromatic N) is 1. The minimum absolute atomic E-state index is 0.158. The number of methoxy groups -OCH3 is 1. The lowest BCUT2D eigenvalue weighted by atomic mass is 10.1. The van der Waals surface area contributed by atoms with Crippen LogP contribution in [-0.4, -0.2) is 36.4 Å². The molecule has 5 heteroatoms. The van der Waals surface area contributed by atoms with Crippen LogP contribution >= 0.6 is 0 Å². The van der Waals surface area contributed by atoms with Crippen molar-refractivity contribution in [1.82, 2.24) is 4.98 Å². The molecule has 0 spiro atoms. The van der Waals surface area contributed by atoms with Gasteiger partial charge in [0.05, 0.1) is 12.2 Å². The summed E-state index contributed by atoms with van der Waals surface area (Å²) < 4.78 is 10.3. The number of carboxylic acids is 1. The van der Waals surface area contributed by atoms with Gasteiger partial charge >= 0.3 is 5.97 Å². The summed E-state index contributed by atoms with van der Waals surface area (Å²) in [6.07, 6.45) is 0.743. The van der Waals surface area contributed by atoms with Crippen molar-refractivity contribution in [3.63, 3.8) is 0 Å². The van der Waals surface area contributed by atoms with Gasteiger partial charge in [-0.05, 0) is 12.0 Å². The number of aromatic nitrogens is 1. The number of rotatable bonds is 7. The van der Waals surface area contributed by atoms with Gasteiger partial charge in [-0.1, -0.05) is 13.8 Å². The van der Waals surface area contributed by atoms with Gasteiger partial charge in [-0.3, -0.25) is 0 Å². The fraction of sp³-hybridized carbons (Fsp3) is 0.538. The van der Waals surface area contributed by atoms with E-state index in [2.05, 4.69) is 4.98 Å². The normalized spacial score (nSPS) is 10.7. The van der Waals surface area contributed by atoms with Gasteiger partial charge in [0.2, 0.25) is 5.88 Å². The molecule has 0 aliphatic heterocycles. The second-order valence-corrected chi connectivity index (χ2v) is 4.27. The van der Waals surface area contributed by atoms with Crippen molar-refractivity contribution in [3.05, 3.63) is 23.4 Å². The Morgan fingerprint density at radius 3 is 2.67 bits per heavy atom. The van der Waals surface area contributed by atoms with Gasteiger partial charge in [-0.2, -0.15) is 0 Å². The molecule has 0 aromatic carbocycles. The Morgan fingerprint density at radius 2 is 2.11 bits per heavy atom. The Hall–Kier alpha value is -1.62.